The number of hydrogen-bond acceptors (Lipinski definition) is 6. The molecule has 1 saturated heterocycles. The molecule has 1 aliphatic heterocycles. The van der Waals surface area contributed by atoms with Gasteiger partial charge in [0, 0.05) is 31.6 Å². The summed E-state index contributed by atoms with van der Waals surface area (Å²) in [5, 5.41) is 2.34. The van der Waals surface area contributed by atoms with E-state index in [1.807, 2.05) is 31.2 Å². The first kappa shape index (κ1) is 19.1. The number of benzene rings is 2. The van der Waals surface area contributed by atoms with E-state index in [1.54, 1.807) is 34.4 Å². The third kappa shape index (κ3) is 3.24. The average molecular weight is 440 g/mol. The van der Waals surface area contributed by atoms with Crippen LogP contribution in [-0.2, 0) is 0 Å². The molecular formula is C22H18ClN3O3S. The smallest absolute Gasteiger partial charge is 0.349 e. The normalized spacial score (nSPS) is 14.6. The SMILES string of the molecule is Cc1ccc(Cl)c2sc(N3CCN(C(=O)c4cc5ccccc5oc4=O)CC3)nc12. The van der Waals surface area contributed by atoms with E-state index < -0.39 is 5.63 Å². The van der Waals surface area contributed by atoms with E-state index in [1.165, 1.54) is 0 Å². The van der Waals surface area contributed by atoms with Gasteiger partial charge in [-0.05, 0) is 30.7 Å². The Morgan fingerprint density at radius 1 is 1.13 bits per heavy atom. The lowest BCUT2D eigenvalue weighted by Crippen LogP contribution is -2.49. The molecule has 30 heavy (non-hydrogen) atoms. The van der Waals surface area contributed by atoms with E-state index in [9.17, 15) is 9.59 Å². The number of carbonyl (C=O) groups is 1. The number of thiazole rings is 1. The number of aromatic nitrogens is 1. The van der Waals surface area contributed by atoms with Crippen LogP contribution in [0.2, 0.25) is 5.02 Å². The molecule has 0 bridgehead atoms. The van der Waals surface area contributed by atoms with E-state index in [4.69, 9.17) is 21.0 Å². The number of fused-ring (bicyclic) bond motifs is 2. The van der Waals surface area contributed by atoms with Gasteiger partial charge in [-0.1, -0.05) is 47.2 Å². The molecule has 1 fully saturated rings. The van der Waals surface area contributed by atoms with E-state index >= 15 is 0 Å². The molecule has 8 heteroatoms. The summed E-state index contributed by atoms with van der Waals surface area (Å²) < 4.78 is 6.30. The van der Waals surface area contributed by atoms with Crippen molar-refractivity contribution in [2.24, 2.45) is 0 Å². The van der Waals surface area contributed by atoms with Crippen molar-refractivity contribution in [2.75, 3.05) is 31.1 Å². The Kier molecular flexibility index (Phi) is 4.72. The molecule has 4 aromatic rings. The molecule has 0 spiro atoms. The monoisotopic (exact) mass is 439 g/mol. The highest BCUT2D eigenvalue weighted by Gasteiger charge is 2.26. The van der Waals surface area contributed by atoms with Crippen LogP contribution in [0.15, 0.2) is 51.7 Å². The second-order valence-electron chi connectivity index (χ2n) is 7.30. The lowest BCUT2D eigenvalue weighted by atomic mass is 10.1. The number of hydrogen-bond donors (Lipinski definition) is 0. The number of piperazine rings is 1. The van der Waals surface area contributed by atoms with Crippen LogP contribution >= 0.6 is 22.9 Å². The summed E-state index contributed by atoms with van der Waals surface area (Å²) >= 11 is 7.90. The number of nitrogens with zero attached hydrogens (tertiary/aromatic N) is 3. The van der Waals surface area contributed by atoms with Crippen molar-refractivity contribution in [3.8, 4) is 0 Å². The van der Waals surface area contributed by atoms with Crippen LogP contribution in [-0.4, -0.2) is 42.0 Å². The van der Waals surface area contributed by atoms with E-state index in [0.717, 1.165) is 26.3 Å². The second kappa shape index (κ2) is 7.41. The summed E-state index contributed by atoms with van der Waals surface area (Å²) in [6.07, 6.45) is 0. The Labute approximate surface area is 181 Å². The van der Waals surface area contributed by atoms with Gasteiger partial charge in [0.2, 0.25) is 0 Å². The molecule has 0 unspecified atom stereocenters. The molecule has 1 aliphatic rings. The molecule has 0 aliphatic carbocycles. The van der Waals surface area contributed by atoms with Crippen LogP contribution in [0, 0.1) is 6.92 Å². The first-order valence-corrected chi connectivity index (χ1v) is 10.8. The molecule has 1 amide bonds. The summed E-state index contributed by atoms with van der Waals surface area (Å²) in [5.41, 5.74) is 1.97. The first-order valence-electron chi connectivity index (χ1n) is 9.64. The minimum absolute atomic E-state index is 0.0737. The number of carbonyl (C=O) groups excluding carboxylic acids is 1. The predicted molar refractivity (Wildman–Crippen MR) is 120 cm³/mol. The second-order valence-corrected chi connectivity index (χ2v) is 8.69. The molecule has 3 heterocycles. The third-order valence-corrected chi connectivity index (χ3v) is 6.97. The number of aryl methyl sites for hydroxylation is 1. The summed E-state index contributed by atoms with van der Waals surface area (Å²) in [6.45, 7) is 4.32. The van der Waals surface area contributed by atoms with Crippen molar-refractivity contribution in [3.05, 3.63) is 69.0 Å². The highest BCUT2D eigenvalue weighted by molar-refractivity contribution is 7.22. The van der Waals surface area contributed by atoms with Crippen molar-refractivity contribution < 1.29 is 9.21 Å². The molecule has 2 aromatic carbocycles. The topological polar surface area (TPSA) is 66.7 Å². The maximum absolute atomic E-state index is 13.0. The van der Waals surface area contributed by atoms with Crippen LogP contribution in [0.1, 0.15) is 15.9 Å². The van der Waals surface area contributed by atoms with Gasteiger partial charge in [0.1, 0.15) is 11.1 Å². The summed E-state index contributed by atoms with van der Waals surface area (Å²) in [7, 11) is 0. The maximum atomic E-state index is 13.0. The average Bonchev–Trinajstić information content (AvgIpc) is 3.22. The van der Waals surface area contributed by atoms with Crippen molar-refractivity contribution in [3.63, 3.8) is 0 Å². The molecule has 0 N–H and O–H groups in total. The first-order chi connectivity index (χ1) is 14.5. The van der Waals surface area contributed by atoms with Crippen molar-refractivity contribution in [1.29, 1.82) is 0 Å². The van der Waals surface area contributed by atoms with Crippen LogP contribution in [0.4, 0.5) is 5.13 Å². The van der Waals surface area contributed by atoms with Gasteiger partial charge in [-0.15, -0.1) is 0 Å². The molecule has 0 saturated carbocycles. The molecule has 2 aromatic heterocycles. The zero-order chi connectivity index (χ0) is 20.8. The van der Waals surface area contributed by atoms with Crippen LogP contribution in [0.5, 0.6) is 0 Å². The van der Waals surface area contributed by atoms with Crippen LogP contribution in [0.25, 0.3) is 21.2 Å². The zero-order valence-electron chi connectivity index (χ0n) is 16.2. The van der Waals surface area contributed by atoms with E-state index in [0.29, 0.717) is 36.8 Å². The van der Waals surface area contributed by atoms with Crippen molar-refractivity contribution in [1.82, 2.24) is 9.88 Å². The summed E-state index contributed by atoms with van der Waals surface area (Å²) in [4.78, 5) is 33.9. The van der Waals surface area contributed by atoms with Gasteiger partial charge < -0.3 is 14.2 Å². The van der Waals surface area contributed by atoms with Gasteiger partial charge in [0.05, 0.1) is 15.2 Å². The Balaban J connectivity index is 1.35. The zero-order valence-corrected chi connectivity index (χ0v) is 17.8. The third-order valence-electron chi connectivity index (χ3n) is 5.40. The quantitative estimate of drug-likeness (QED) is 0.435. The fourth-order valence-electron chi connectivity index (χ4n) is 3.71. The Morgan fingerprint density at radius 2 is 1.90 bits per heavy atom. The lowest BCUT2D eigenvalue weighted by Gasteiger charge is -2.34. The molecule has 6 nitrogen and oxygen atoms in total. The van der Waals surface area contributed by atoms with Crippen molar-refractivity contribution >= 4 is 55.2 Å². The molecule has 0 radical (unpaired) electrons. The fourth-order valence-corrected chi connectivity index (χ4v) is 5.08. The highest BCUT2D eigenvalue weighted by Crippen LogP contribution is 2.35. The van der Waals surface area contributed by atoms with Gasteiger partial charge in [-0.3, -0.25) is 4.79 Å². The predicted octanol–water partition coefficient (Wildman–Crippen LogP) is 4.33. The summed E-state index contributed by atoms with van der Waals surface area (Å²) in [6, 6.07) is 12.7. The number of anilines is 1. The van der Waals surface area contributed by atoms with Gasteiger partial charge in [0.25, 0.3) is 5.91 Å². The number of amides is 1. The molecule has 5 rings (SSSR count). The van der Waals surface area contributed by atoms with Gasteiger partial charge in [-0.25, -0.2) is 9.78 Å². The molecular weight excluding hydrogens is 422 g/mol. The van der Waals surface area contributed by atoms with Crippen molar-refractivity contribution in [2.45, 2.75) is 6.92 Å². The maximum Gasteiger partial charge on any atom is 0.349 e. The van der Waals surface area contributed by atoms with Gasteiger partial charge in [-0.2, -0.15) is 0 Å². The minimum atomic E-state index is -0.600. The Morgan fingerprint density at radius 3 is 2.67 bits per heavy atom. The van der Waals surface area contributed by atoms with Crippen LogP contribution < -0.4 is 10.5 Å². The Hall–Kier alpha value is -2.90. The van der Waals surface area contributed by atoms with E-state index in [2.05, 4.69) is 4.90 Å². The standard InChI is InChI=1S/C22H18ClN3O3S/c1-13-6-7-16(23)19-18(13)24-22(30-19)26-10-8-25(9-11-26)20(27)15-12-14-4-2-3-5-17(14)29-21(15)28/h2-7,12H,8-11H2,1H3. The molecule has 0 atom stereocenters. The van der Waals surface area contributed by atoms with E-state index in [-0.39, 0.29) is 11.5 Å². The van der Waals surface area contributed by atoms with Gasteiger partial charge in [0.15, 0.2) is 5.13 Å². The van der Waals surface area contributed by atoms with Gasteiger partial charge >= 0.3 is 5.63 Å². The largest absolute Gasteiger partial charge is 0.422 e. The summed E-state index contributed by atoms with van der Waals surface area (Å²) in [5.74, 6) is -0.294. The fraction of sp³-hybridized carbons (Fsp3) is 0.227. The number of rotatable bonds is 2. The number of halogens is 1. The van der Waals surface area contributed by atoms with Crippen LogP contribution in [0.3, 0.4) is 0 Å². The highest BCUT2D eigenvalue weighted by atomic mass is 35.5. The number of para-hydroxylation sites is 1. The molecule has 152 valence electrons. The Bertz CT molecular complexity index is 1300. The minimum Gasteiger partial charge on any atom is -0.422 e. The lowest BCUT2D eigenvalue weighted by molar-refractivity contribution is 0.0742.